The van der Waals surface area contributed by atoms with E-state index in [4.69, 9.17) is 0 Å². The lowest BCUT2D eigenvalue weighted by atomic mass is 9.85. The first-order valence-corrected chi connectivity index (χ1v) is 7.29. The number of carbonyl (C=O) groups excluding carboxylic acids is 1. The van der Waals surface area contributed by atoms with Gasteiger partial charge in [0.05, 0.1) is 11.2 Å². The van der Waals surface area contributed by atoms with Crippen LogP contribution in [-0.4, -0.2) is 28.3 Å². The number of phenols is 1. The predicted molar refractivity (Wildman–Crippen MR) is 76.2 cm³/mol. The van der Waals surface area contributed by atoms with Gasteiger partial charge in [-0.1, -0.05) is 35.2 Å². The summed E-state index contributed by atoms with van der Waals surface area (Å²) in [6, 6.07) is 4.73. The Morgan fingerprint density at radius 1 is 1.32 bits per heavy atom. The van der Waals surface area contributed by atoms with Gasteiger partial charge in [-0.3, -0.25) is 4.79 Å². The van der Waals surface area contributed by atoms with Crippen molar-refractivity contribution in [2.24, 2.45) is 0 Å². The molecule has 0 saturated heterocycles. The molecule has 1 saturated carbocycles. The van der Waals surface area contributed by atoms with Gasteiger partial charge in [0.25, 0.3) is 5.91 Å². The molecule has 1 amide bonds. The van der Waals surface area contributed by atoms with Gasteiger partial charge >= 0.3 is 0 Å². The van der Waals surface area contributed by atoms with Crippen LogP contribution < -0.4 is 5.32 Å². The number of benzene rings is 1. The highest BCUT2D eigenvalue weighted by atomic mass is 79.9. The Hall–Kier alpha value is -1.07. The summed E-state index contributed by atoms with van der Waals surface area (Å²) in [5.74, 6) is -0.425. The quantitative estimate of drug-likeness (QED) is 0.799. The SMILES string of the molecule is O=C(NCC1(O)CCCCC1)c1ccc(Br)cc1O. The molecule has 0 unspecified atom stereocenters. The second-order valence-corrected chi connectivity index (χ2v) is 6.04. The molecule has 1 fully saturated rings. The number of aliphatic hydroxyl groups is 1. The summed E-state index contributed by atoms with van der Waals surface area (Å²) < 4.78 is 0.715. The van der Waals surface area contributed by atoms with E-state index >= 15 is 0 Å². The number of carbonyl (C=O) groups is 1. The highest BCUT2D eigenvalue weighted by Crippen LogP contribution is 2.27. The van der Waals surface area contributed by atoms with Crippen LogP contribution in [0.4, 0.5) is 0 Å². The average molecular weight is 328 g/mol. The molecule has 5 heteroatoms. The smallest absolute Gasteiger partial charge is 0.255 e. The maximum absolute atomic E-state index is 12.0. The second kappa shape index (κ2) is 5.92. The van der Waals surface area contributed by atoms with E-state index in [2.05, 4.69) is 21.2 Å². The van der Waals surface area contributed by atoms with Crippen molar-refractivity contribution in [2.45, 2.75) is 37.7 Å². The Morgan fingerprint density at radius 2 is 2.00 bits per heavy atom. The first-order valence-electron chi connectivity index (χ1n) is 6.49. The third kappa shape index (κ3) is 3.70. The van der Waals surface area contributed by atoms with Crippen molar-refractivity contribution >= 4 is 21.8 Å². The predicted octanol–water partition coefficient (Wildman–Crippen LogP) is 2.58. The minimum atomic E-state index is -0.793. The molecular formula is C14H18BrNO3. The van der Waals surface area contributed by atoms with Crippen LogP contribution in [0, 0.1) is 0 Å². The number of nitrogens with one attached hydrogen (secondary N) is 1. The third-order valence-corrected chi connectivity index (χ3v) is 4.06. The standard InChI is InChI=1S/C14H18BrNO3/c15-10-4-5-11(12(17)8-10)13(18)16-9-14(19)6-2-1-3-7-14/h4-5,8,17,19H,1-3,6-7,9H2,(H,16,18). The normalized spacial score (nSPS) is 18.0. The molecule has 1 aromatic carbocycles. The number of hydrogen-bond donors (Lipinski definition) is 3. The zero-order chi connectivity index (χ0) is 13.9. The van der Waals surface area contributed by atoms with Gasteiger partial charge in [0.1, 0.15) is 5.75 Å². The van der Waals surface area contributed by atoms with Crippen LogP contribution in [-0.2, 0) is 0 Å². The van der Waals surface area contributed by atoms with Gasteiger partial charge in [-0.25, -0.2) is 0 Å². The Kier molecular flexibility index (Phi) is 4.47. The molecule has 0 aromatic heterocycles. The van der Waals surface area contributed by atoms with Gasteiger partial charge in [0.2, 0.25) is 0 Å². The molecule has 4 nitrogen and oxygen atoms in total. The van der Waals surface area contributed by atoms with Gasteiger partial charge in [-0.2, -0.15) is 0 Å². The number of aromatic hydroxyl groups is 1. The zero-order valence-electron chi connectivity index (χ0n) is 10.7. The van der Waals surface area contributed by atoms with Crippen LogP contribution >= 0.6 is 15.9 Å². The first-order chi connectivity index (χ1) is 9.00. The molecule has 1 aliphatic carbocycles. The van der Waals surface area contributed by atoms with Crippen molar-refractivity contribution in [2.75, 3.05) is 6.54 Å². The van der Waals surface area contributed by atoms with Crippen molar-refractivity contribution in [3.05, 3.63) is 28.2 Å². The number of phenolic OH excluding ortho intramolecular Hbond substituents is 1. The minimum Gasteiger partial charge on any atom is -0.507 e. The highest BCUT2D eigenvalue weighted by molar-refractivity contribution is 9.10. The molecule has 0 aliphatic heterocycles. The molecule has 0 heterocycles. The van der Waals surface area contributed by atoms with Crippen LogP contribution in [0.25, 0.3) is 0 Å². The van der Waals surface area contributed by atoms with Gasteiger partial charge < -0.3 is 15.5 Å². The summed E-state index contributed by atoms with van der Waals surface area (Å²) >= 11 is 3.22. The van der Waals surface area contributed by atoms with Gasteiger partial charge in [-0.05, 0) is 31.0 Å². The Bertz CT molecular complexity index is 470. The summed E-state index contributed by atoms with van der Waals surface area (Å²) in [7, 11) is 0. The lowest BCUT2D eigenvalue weighted by Crippen LogP contribution is -2.44. The molecule has 19 heavy (non-hydrogen) atoms. The maximum atomic E-state index is 12.0. The van der Waals surface area contributed by atoms with E-state index in [1.165, 1.54) is 6.07 Å². The Balaban J connectivity index is 1.97. The van der Waals surface area contributed by atoms with Crippen molar-refractivity contribution in [3.63, 3.8) is 0 Å². The summed E-state index contributed by atoms with van der Waals surface area (Å²) in [5, 5.41) is 22.7. The fourth-order valence-corrected chi connectivity index (χ4v) is 2.77. The van der Waals surface area contributed by atoms with Crippen molar-refractivity contribution < 1.29 is 15.0 Å². The lowest BCUT2D eigenvalue weighted by Gasteiger charge is -2.32. The monoisotopic (exact) mass is 327 g/mol. The number of halogens is 1. The van der Waals surface area contributed by atoms with Gasteiger partial charge in [0.15, 0.2) is 0 Å². The van der Waals surface area contributed by atoms with Gasteiger partial charge in [-0.15, -0.1) is 0 Å². The zero-order valence-corrected chi connectivity index (χ0v) is 12.2. The molecule has 0 radical (unpaired) electrons. The lowest BCUT2D eigenvalue weighted by molar-refractivity contribution is 0.00523. The summed E-state index contributed by atoms with van der Waals surface area (Å²) in [6.45, 7) is 0.237. The summed E-state index contributed by atoms with van der Waals surface area (Å²) in [4.78, 5) is 12.0. The topological polar surface area (TPSA) is 69.6 Å². The molecule has 0 atom stereocenters. The summed E-state index contributed by atoms with van der Waals surface area (Å²) in [5.41, 5.74) is -0.568. The van der Waals surface area contributed by atoms with Crippen LogP contribution in [0.3, 0.4) is 0 Å². The number of amides is 1. The molecule has 3 N–H and O–H groups in total. The molecule has 1 aromatic rings. The molecule has 2 rings (SSSR count). The maximum Gasteiger partial charge on any atom is 0.255 e. The molecule has 1 aliphatic rings. The largest absolute Gasteiger partial charge is 0.507 e. The molecule has 104 valence electrons. The van der Waals surface area contributed by atoms with E-state index in [1.54, 1.807) is 12.1 Å². The third-order valence-electron chi connectivity index (χ3n) is 3.57. The fourth-order valence-electron chi connectivity index (χ4n) is 2.42. The van der Waals surface area contributed by atoms with Crippen molar-refractivity contribution in [1.29, 1.82) is 0 Å². The number of rotatable bonds is 3. The van der Waals surface area contributed by atoms with Crippen LogP contribution in [0.5, 0.6) is 5.75 Å². The van der Waals surface area contributed by atoms with E-state index in [1.807, 2.05) is 0 Å². The first kappa shape index (κ1) is 14.3. The molecule has 0 spiro atoms. The summed E-state index contributed by atoms with van der Waals surface area (Å²) in [6.07, 6.45) is 4.58. The number of hydrogen-bond acceptors (Lipinski definition) is 3. The Morgan fingerprint density at radius 3 is 2.63 bits per heavy atom. The molecule has 0 bridgehead atoms. The fraction of sp³-hybridized carbons (Fsp3) is 0.500. The van der Waals surface area contributed by atoms with Crippen LogP contribution in [0.15, 0.2) is 22.7 Å². The van der Waals surface area contributed by atoms with E-state index in [-0.39, 0.29) is 23.8 Å². The van der Waals surface area contributed by atoms with E-state index in [9.17, 15) is 15.0 Å². The van der Waals surface area contributed by atoms with E-state index < -0.39 is 5.60 Å². The van der Waals surface area contributed by atoms with Crippen LogP contribution in [0.2, 0.25) is 0 Å². The minimum absolute atomic E-state index is 0.0671. The highest BCUT2D eigenvalue weighted by Gasteiger charge is 2.29. The Labute approximate surface area is 121 Å². The van der Waals surface area contributed by atoms with Gasteiger partial charge in [0, 0.05) is 11.0 Å². The second-order valence-electron chi connectivity index (χ2n) is 5.13. The van der Waals surface area contributed by atoms with Crippen molar-refractivity contribution in [3.8, 4) is 5.75 Å². The van der Waals surface area contributed by atoms with Crippen LogP contribution in [0.1, 0.15) is 42.5 Å². The van der Waals surface area contributed by atoms with E-state index in [0.29, 0.717) is 4.47 Å². The van der Waals surface area contributed by atoms with Crippen molar-refractivity contribution in [1.82, 2.24) is 5.32 Å². The molecular weight excluding hydrogens is 310 g/mol. The average Bonchev–Trinajstić information content (AvgIpc) is 2.37. The van der Waals surface area contributed by atoms with E-state index in [0.717, 1.165) is 32.1 Å².